The van der Waals surface area contributed by atoms with Gasteiger partial charge in [-0.3, -0.25) is 4.98 Å². The largest absolute Gasteiger partial charge is 0.363 e. The fourth-order valence-corrected chi connectivity index (χ4v) is 1.34. The molecule has 0 fully saturated rings. The molecule has 0 aliphatic carbocycles. The maximum absolute atomic E-state index is 5.03. The van der Waals surface area contributed by atoms with Crippen LogP contribution < -0.4 is 10.6 Å². The van der Waals surface area contributed by atoms with Crippen molar-refractivity contribution in [2.75, 3.05) is 13.1 Å². The van der Waals surface area contributed by atoms with Crippen molar-refractivity contribution in [1.82, 2.24) is 15.6 Å². The smallest absolute Gasteiger partial charge is 0.166 e. The van der Waals surface area contributed by atoms with Crippen LogP contribution in [0.3, 0.4) is 0 Å². The van der Waals surface area contributed by atoms with E-state index < -0.39 is 0 Å². The SMILES string of the molecule is CCNC(=S)NCCc1ccncc1. The summed E-state index contributed by atoms with van der Waals surface area (Å²) in [5.74, 6) is 0. The van der Waals surface area contributed by atoms with E-state index in [9.17, 15) is 0 Å². The lowest BCUT2D eigenvalue weighted by Gasteiger charge is -2.08. The predicted molar refractivity (Wildman–Crippen MR) is 62.2 cm³/mol. The number of rotatable bonds is 4. The van der Waals surface area contributed by atoms with Gasteiger partial charge in [-0.1, -0.05) is 0 Å². The normalized spacial score (nSPS) is 9.50. The van der Waals surface area contributed by atoms with E-state index in [-0.39, 0.29) is 0 Å². The van der Waals surface area contributed by atoms with Crippen LogP contribution >= 0.6 is 12.2 Å². The van der Waals surface area contributed by atoms with Crippen LogP contribution in [0.4, 0.5) is 0 Å². The number of nitrogens with one attached hydrogen (secondary N) is 2. The molecule has 0 spiro atoms. The Balaban J connectivity index is 2.19. The van der Waals surface area contributed by atoms with Crippen molar-refractivity contribution in [2.45, 2.75) is 13.3 Å². The van der Waals surface area contributed by atoms with Crippen LogP contribution in [0.2, 0.25) is 0 Å². The molecule has 3 nitrogen and oxygen atoms in total. The van der Waals surface area contributed by atoms with E-state index in [2.05, 4.69) is 15.6 Å². The van der Waals surface area contributed by atoms with E-state index in [1.807, 2.05) is 19.1 Å². The molecule has 1 aromatic rings. The van der Waals surface area contributed by atoms with Gasteiger partial charge in [0.2, 0.25) is 0 Å². The number of hydrogen-bond donors (Lipinski definition) is 2. The van der Waals surface area contributed by atoms with Gasteiger partial charge in [-0.2, -0.15) is 0 Å². The van der Waals surface area contributed by atoms with Gasteiger partial charge in [0.1, 0.15) is 0 Å². The van der Waals surface area contributed by atoms with Crippen molar-refractivity contribution >= 4 is 17.3 Å². The fourth-order valence-electron chi connectivity index (χ4n) is 1.09. The first kappa shape index (κ1) is 10.9. The maximum Gasteiger partial charge on any atom is 0.166 e. The Morgan fingerprint density at radius 3 is 2.71 bits per heavy atom. The molecule has 76 valence electrons. The Bertz CT molecular complexity index is 274. The molecule has 0 aliphatic heterocycles. The third-order valence-electron chi connectivity index (χ3n) is 1.79. The summed E-state index contributed by atoms with van der Waals surface area (Å²) >= 11 is 5.03. The van der Waals surface area contributed by atoms with E-state index in [0.717, 1.165) is 24.6 Å². The molecule has 0 bridgehead atoms. The Hall–Kier alpha value is -1.16. The average Bonchev–Trinajstić information content (AvgIpc) is 2.20. The monoisotopic (exact) mass is 209 g/mol. The summed E-state index contributed by atoms with van der Waals surface area (Å²) < 4.78 is 0. The summed E-state index contributed by atoms with van der Waals surface area (Å²) in [5, 5.41) is 6.90. The minimum absolute atomic E-state index is 0.724. The second-order valence-electron chi connectivity index (χ2n) is 2.89. The summed E-state index contributed by atoms with van der Waals surface area (Å²) in [4.78, 5) is 3.96. The number of nitrogens with zero attached hydrogens (tertiary/aromatic N) is 1. The summed E-state index contributed by atoms with van der Waals surface area (Å²) in [7, 11) is 0. The minimum atomic E-state index is 0.724. The molecule has 14 heavy (non-hydrogen) atoms. The molecule has 0 unspecified atom stereocenters. The first-order chi connectivity index (χ1) is 6.83. The van der Waals surface area contributed by atoms with Crippen LogP contribution in [-0.4, -0.2) is 23.2 Å². The van der Waals surface area contributed by atoms with Gasteiger partial charge in [-0.25, -0.2) is 0 Å². The molecule has 0 aromatic carbocycles. The molecule has 0 atom stereocenters. The number of pyridine rings is 1. The number of thiocarbonyl (C=S) groups is 1. The third-order valence-corrected chi connectivity index (χ3v) is 2.07. The molecule has 0 saturated carbocycles. The van der Waals surface area contributed by atoms with Crippen LogP contribution in [0.1, 0.15) is 12.5 Å². The summed E-state index contributed by atoms with van der Waals surface area (Å²) in [6.07, 6.45) is 4.57. The number of aromatic nitrogens is 1. The van der Waals surface area contributed by atoms with Crippen molar-refractivity contribution < 1.29 is 0 Å². The van der Waals surface area contributed by atoms with Crippen LogP contribution in [0.5, 0.6) is 0 Å². The van der Waals surface area contributed by atoms with Gasteiger partial charge < -0.3 is 10.6 Å². The fraction of sp³-hybridized carbons (Fsp3) is 0.400. The third kappa shape index (κ3) is 4.18. The van der Waals surface area contributed by atoms with Gasteiger partial charge in [-0.05, 0) is 43.3 Å². The topological polar surface area (TPSA) is 37.0 Å². The average molecular weight is 209 g/mol. The predicted octanol–water partition coefficient (Wildman–Crippen LogP) is 1.11. The molecule has 0 amide bonds. The highest BCUT2D eigenvalue weighted by molar-refractivity contribution is 7.80. The highest BCUT2D eigenvalue weighted by atomic mass is 32.1. The molecular formula is C10H15N3S. The standard InChI is InChI=1S/C10H15N3S/c1-2-12-10(14)13-8-5-9-3-6-11-7-4-9/h3-4,6-7H,2,5,8H2,1H3,(H2,12,13,14). The molecule has 2 N–H and O–H groups in total. The summed E-state index contributed by atoms with van der Waals surface area (Å²) in [5.41, 5.74) is 1.27. The van der Waals surface area contributed by atoms with Crippen molar-refractivity contribution in [3.05, 3.63) is 30.1 Å². The van der Waals surface area contributed by atoms with Gasteiger partial charge in [0.25, 0.3) is 0 Å². The lowest BCUT2D eigenvalue weighted by molar-refractivity contribution is 0.828. The summed E-state index contributed by atoms with van der Waals surface area (Å²) in [6.45, 7) is 3.74. The molecule has 1 heterocycles. The Morgan fingerprint density at radius 2 is 2.07 bits per heavy atom. The zero-order chi connectivity index (χ0) is 10.2. The molecule has 1 rings (SSSR count). The quantitative estimate of drug-likeness (QED) is 0.728. The van der Waals surface area contributed by atoms with Gasteiger partial charge in [0, 0.05) is 25.5 Å². The van der Waals surface area contributed by atoms with Crippen LogP contribution in [0, 0.1) is 0 Å². The second kappa shape index (κ2) is 6.32. The maximum atomic E-state index is 5.03. The Labute approximate surface area is 89.9 Å². The van der Waals surface area contributed by atoms with Gasteiger partial charge in [-0.15, -0.1) is 0 Å². The van der Waals surface area contributed by atoms with Crippen molar-refractivity contribution in [2.24, 2.45) is 0 Å². The molecule has 4 heteroatoms. The van der Waals surface area contributed by atoms with Crippen LogP contribution in [0.25, 0.3) is 0 Å². The first-order valence-electron chi connectivity index (χ1n) is 4.73. The van der Waals surface area contributed by atoms with Crippen molar-refractivity contribution in [1.29, 1.82) is 0 Å². The zero-order valence-corrected chi connectivity index (χ0v) is 9.10. The van der Waals surface area contributed by atoms with Crippen molar-refractivity contribution in [3.63, 3.8) is 0 Å². The van der Waals surface area contributed by atoms with E-state index in [4.69, 9.17) is 12.2 Å². The Kier molecular flexibility index (Phi) is 4.93. The Morgan fingerprint density at radius 1 is 1.36 bits per heavy atom. The molecule has 1 aromatic heterocycles. The van der Waals surface area contributed by atoms with Crippen LogP contribution in [0.15, 0.2) is 24.5 Å². The van der Waals surface area contributed by atoms with Gasteiger partial charge in [0.15, 0.2) is 5.11 Å². The minimum Gasteiger partial charge on any atom is -0.363 e. The highest BCUT2D eigenvalue weighted by Gasteiger charge is 1.93. The molecule has 0 aliphatic rings. The zero-order valence-electron chi connectivity index (χ0n) is 8.29. The lowest BCUT2D eigenvalue weighted by Crippen LogP contribution is -2.36. The molecule has 0 saturated heterocycles. The molecule has 0 radical (unpaired) electrons. The lowest BCUT2D eigenvalue weighted by atomic mass is 10.2. The summed E-state index contributed by atoms with van der Waals surface area (Å²) in [6, 6.07) is 4.02. The van der Waals surface area contributed by atoms with E-state index in [1.54, 1.807) is 12.4 Å². The molecular weight excluding hydrogens is 194 g/mol. The first-order valence-corrected chi connectivity index (χ1v) is 5.14. The second-order valence-corrected chi connectivity index (χ2v) is 3.30. The van der Waals surface area contributed by atoms with E-state index in [1.165, 1.54) is 5.56 Å². The highest BCUT2D eigenvalue weighted by Crippen LogP contribution is 1.95. The van der Waals surface area contributed by atoms with Gasteiger partial charge >= 0.3 is 0 Å². The van der Waals surface area contributed by atoms with E-state index >= 15 is 0 Å². The van der Waals surface area contributed by atoms with Crippen molar-refractivity contribution in [3.8, 4) is 0 Å². The van der Waals surface area contributed by atoms with Gasteiger partial charge in [0.05, 0.1) is 0 Å². The van der Waals surface area contributed by atoms with E-state index in [0.29, 0.717) is 0 Å². The number of hydrogen-bond acceptors (Lipinski definition) is 2. The van der Waals surface area contributed by atoms with Crippen LogP contribution in [-0.2, 0) is 6.42 Å².